The molecule has 0 heterocycles. The Kier molecular flexibility index (Phi) is 5.33. The summed E-state index contributed by atoms with van der Waals surface area (Å²) in [6, 6.07) is 11.9. The van der Waals surface area contributed by atoms with E-state index in [1.54, 1.807) is 31.2 Å². The maximum absolute atomic E-state index is 13.2. The van der Waals surface area contributed by atoms with Crippen LogP contribution in [-0.2, 0) is 11.3 Å². The summed E-state index contributed by atoms with van der Waals surface area (Å²) in [5.74, 6) is -0.661. The number of anilines is 1. The van der Waals surface area contributed by atoms with E-state index in [0.29, 0.717) is 28.9 Å². The van der Waals surface area contributed by atoms with Gasteiger partial charge in [0.1, 0.15) is 5.82 Å². The summed E-state index contributed by atoms with van der Waals surface area (Å²) in [5.41, 5.74) is 2.08. The van der Waals surface area contributed by atoms with E-state index in [9.17, 15) is 9.18 Å². The van der Waals surface area contributed by atoms with Crippen molar-refractivity contribution in [1.29, 1.82) is 0 Å². The zero-order valence-electron chi connectivity index (χ0n) is 11.5. The minimum atomic E-state index is -0.360. The highest BCUT2D eigenvalue weighted by Crippen LogP contribution is 2.20. The molecule has 0 radical (unpaired) electrons. The standard InChI is InChI=1S/C16H15BrFNO2/c1-2-21-16(20)12-5-3-4-6-15(12)19-10-11-7-8-14(18)13(17)9-11/h3-9,19H,2,10H2,1H3. The summed E-state index contributed by atoms with van der Waals surface area (Å²) in [4.78, 5) is 11.9. The lowest BCUT2D eigenvalue weighted by Crippen LogP contribution is -2.09. The van der Waals surface area contributed by atoms with Gasteiger partial charge in [-0.15, -0.1) is 0 Å². The van der Waals surface area contributed by atoms with E-state index in [-0.39, 0.29) is 11.8 Å². The van der Waals surface area contributed by atoms with Crippen molar-refractivity contribution in [1.82, 2.24) is 0 Å². The number of esters is 1. The van der Waals surface area contributed by atoms with E-state index >= 15 is 0 Å². The van der Waals surface area contributed by atoms with Gasteiger partial charge in [-0.25, -0.2) is 9.18 Å². The quantitative estimate of drug-likeness (QED) is 0.812. The van der Waals surface area contributed by atoms with Gasteiger partial charge in [-0.2, -0.15) is 0 Å². The molecule has 2 rings (SSSR count). The summed E-state index contributed by atoms with van der Waals surface area (Å²) in [6.07, 6.45) is 0. The molecule has 2 aromatic carbocycles. The molecule has 0 atom stereocenters. The molecule has 0 fully saturated rings. The van der Waals surface area contributed by atoms with Gasteiger partial charge in [0, 0.05) is 12.2 Å². The van der Waals surface area contributed by atoms with E-state index < -0.39 is 0 Å². The zero-order valence-corrected chi connectivity index (χ0v) is 13.1. The Morgan fingerprint density at radius 1 is 1.29 bits per heavy atom. The second kappa shape index (κ2) is 7.22. The van der Waals surface area contributed by atoms with Crippen LogP contribution in [0.5, 0.6) is 0 Å². The van der Waals surface area contributed by atoms with Crippen LogP contribution < -0.4 is 5.32 Å². The normalized spacial score (nSPS) is 10.2. The fourth-order valence-corrected chi connectivity index (χ4v) is 2.30. The second-order valence-electron chi connectivity index (χ2n) is 4.37. The van der Waals surface area contributed by atoms with Crippen molar-refractivity contribution in [2.75, 3.05) is 11.9 Å². The number of nitrogens with one attached hydrogen (secondary N) is 1. The predicted molar refractivity (Wildman–Crippen MR) is 83.8 cm³/mol. The van der Waals surface area contributed by atoms with Crippen molar-refractivity contribution in [3.63, 3.8) is 0 Å². The van der Waals surface area contributed by atoms with Crippen molar-refractivity contribution in [2.45, 2.75) is 13.5 Å². The first kappa shape index (κ1) is 15.5. The average Bonchev–Trinajstić information content (AvgIpc) is 2.49. The largest absolute Gasteiger partial charge is 0.462 e. The first-order valence-electron chi connectivity index (χ1n) is 6.55. The van der Waals surface area contributed by atoms with Crippen LogP contribution in [0.4, 0.5) is 10.1 Å². The molecule has 3 nitrogen and oxygen atoms in total. The maximum Gasteiger partial charge on any atom is 0.340 e. The molecular formula is C16H15BrFNO2. The Morgan fingerprint density at radius 3 is 2.76 bits per heavy atom. The van der Waals surface area contributed by atoms with Crippen LogP contribution >= 0.6 is 15.9 Å². The molecule has 0 aliphatic carbocycles. The Balaban J connectivity index is 2.12. The van der Waals surface area contributed by atoms with Gasteiger partial charge in [0.25, 0.3) is 0 Å². The van der Waals surface area contributed by atoms with Crippen LogP contribution in [0.25, 0.3) is 0 Å². The van der Waals surface area contributed by atoms with Crippen molar-refractivity contribution in [3.05, 3.63) is 63.9 Å². The van der Waals surface area contributed by atoms with Crippen LogP contribution in [0.15, 0.2) is 46.9 Å². The molecule has 0 saturated carbocycles. The topological polar surface area (TPSA) is 38.3 Å². The fourth-order valence-electron chi connectivity index (χ4n) is 1.87. The number of ether oxygens (including phenoxy) is 1. The molecule has 0 aliphatic heterocycles. The molecule has 2 aromatic rings. The van der Waals surface area contributed by atoms with Gasteiger partial charge in [0.2, 0.25) is 0 Å². The van der Waals surface area contributed by atoms with E-state index in [0.717, 1.165) is 5.56 Å². The van der Waals surface area contributed by atoms with Gasteiger partial charge in [0.05, 0.1) is 16.6 Å². The van der Waals surface area contributed by atoms with E-state index in [4.69, 9.17) is 4.74 Å². The zero-order chi connectivity index (χ0) is 15.2. The molecule has 5 heteroatoms. The van der Waals surface area contributed by atoms with Gasteiger partial charge in [-0.05, 0) is 52.7 Å². The van der Waals surface area contributed by atoms with Crippen LogP contribution in [0.3, 0.4) is 0 Å². The minimum Gasteiger partial charge on any atom is -0.462 e. The molecule has 0 aliphatic rings. The molecule has 0 amide bonds. The van der Waals surface area contributed by atoms with Crippen LogP contribution in [0.1, 0.15) is 22.8 Å². The highest BCUT2D eigenvalue weighted by molar-refractivity contribution is 9.10. The number of benzene rings is 2. The highest BCUT2D eigenvalue weighted by Gasteiger charge is 2.11. The average molecular weight is 352 g/mol. The first-order chi connectivity index (χ1) is 10.1. The molecule has 110 valence electrons. The third-order valence-corrected chi connectivity index (χ3v) is 3.50. The summed E-state index contributed by atoms with van der Waals surface area (Å²) in [7, 11) is 0. The number of halogens is 2. The van der Waals surface area contributed by atoms with Crippen molar-refractivity contribution < 1.29 is 13.9 Å². The number of hydrogen-bond acceptors (Lipinski definition) is 3. The van der Waals surface area contributed by atoms with Gasteiger partial charge in [0.15, 0.2) is 0 Å². The summed E-state index contributed by atoms with van der Waals surface area (Å²) < 4.78 is 18.6. The van der Waals surface area contributed by atoms with E-state index in [1.807, 2.05) is 12.1 Å². The molecule has 0 bridgehead atoms. The summed E-state index contributed by atoms with van der Waals surface area (Å²) in [6.45, 7) is 2.58. The maximum atomic E-state index is 13.2. The third-order valence-electron chi connectivity index (χ3n) is 2.89. The lowest BCUT2D eigenvalue weighted by molar-refractivity contribution is 0.0527. The van der Waals surface area contributed by atoms with Crippen molar-refractivity contribution >= 4 is 27.6 Å². The summed E-state index contributed by atoms with van der Waals surface area (Å²) >= 11 is 3.15. The van der Waals surface area contributed by atoms with Gasteiger partial charge in [-0.3, -0.25) is 0 Å². The Hall–Kier alpha value is -1.88. The molecule has 0 saturated heterocycles. The number of carbonyl (C=O) groups excluding carboxylic acids is 1. The predicted octanol–water partition coefficient (Wildman–Crippen LogP) is 4.38. The monoisotopic (exact) mass is 351 g/mol. The summed E-state index contributed by atoms with van der Waals surface area (Å²) in [5, 5.41) is 3.17. The van der Waals surface area contributed by atoms with Crippen LogP contribution in [-0.4, -0.2) is 12.6 Å². The lowest BCUT2D eigenvalue weighted by atomic mass is 10.1. The highest BCUT2D eigenvalue weighted by atomic mass is 79.9. The Morgan fingerprint density at radius 2 is 2.05 bits per heavy atom. The molecule has 21 heavy (non-hydrogen) atoms. The first-order valence-corrected chi connectivity index (χ1v) is 7.35. The van der Waals surface area contributed by atoms with Gasteiger partial charge >= 0.3 is 5.97 Å². The van der Waals surface area contributed by atoms with E-state index in [2.05, 4.69) is 21.2 Å². The third kappa shape index (κ3) is 4.04. The van der Waals surface area contributed by atoms with Gasteiger partial charge in [-0.1, -0.05) is 18.2 Å². The van der Waals surface area contributed by atoms with E-state index in [1.165, 1.54) is 6.07 Å². The number of rotatable bonds is 5. The molecular weight excluding hydrogens is 337 g/mol. The number of para-hydroxylation sites is 1. The number of carbonyl (C=O) groups is 1. The molecule has 0 spiro atoms. The minimum absolute atomic E-state index is 0.300. The fraction of sp³-hybridized carbons (Fsp3) is 0.188. The molecule has 0 unspecified atom stereocenters. The molecule has 1 N–H and O–H groups in total. The smallest absolute Gasteiger partial charge is 0.340 e. The van der Waals surface area contributed by atoms with Gasteiger partial charge < -0.3 is 10.1 Å². The Bertz CT molecular complexity index is 646. The SMILES string of the molecule is CCOC(=O)c1ccccc1NCc1ccc(F)c(Br)c1. The number of hydrogen-bond donors (Lipinski definition) is 1. The van der Waals surface area contributed by atoms with Crippen LogP contribution in [0, 0.1) is 5.82 Å². The molecule has 0 aromatic heterocycles. The lowest BCUT2D eigenvalue weighted by Gasteiger charge is -2.11. The Labute approximate surface area is 131 Å². The van der Waals surface area contributed by atoms with Crippen molar-refractivity contribution in [3.8, 4) is 0 Å². The second-order valence-corrected chi connectivity index (χ2v) is 5.22. The van der Waals surface area contributed by atoms with Crippen LogP contribution in [0.2, 0.25) is 0 Å². The van der Waals surface area contributed by atoms with Crippen molar-refractivity contribution in [2.24, 2.45) is 0 Å².